The summed E-state index contributed by atoms with van der Waals surface area (Å²) in [5, 5.41) is 0. The van der Waals surface area contributed by atoms with E-state index in [4.69, 9.17) is 0 Å². The molecule has 0 saturated heterocycles. The van der Waals surface area contributed by atoms with Gasteiger partial charge < -0.3 is 4.98 Å². The lowest BCUT2D eigenvalue weighted by Gasteiger charge is -2.04. The number of imidazole rings is 1. The van der Waals surface area contributed by atoms with Crippen LogP contribution in [0, 0.1) is 0 Å². The largest absolute Gasteiger partial charge is 0.321 e. The van der Waals surface area contributed by atoms with Gasteiger partial charge in [-0.1, -0.05) is 25.1 Å². The molecule has 1 N–H and O–H groups in total. The topological polar surface area (TPSA) is 54.5 Å². The highest BCUT2D eigenvalue weighted by Crippen LogP contribution is 2.29. The van der Waals surface area contributed by atoms with E-state index in [-0.39, 0.29) is 0 Å². The fourth-order valence-corrected chi connectivity index (χ4v) is 2.62. The molecule has 0 fully saturated rings. The van der Waals surface area contributed by atoms with Crippen LogP contribution in [0.4, 0.5) is 0 Å². The highest BCUT2D eigenvalue weighted by molar-refractivity contribution is 7.99. The number of hydrogen-bond donors (Lipinski definition) is 1. The van der Waals surface area contributed by atoms with Gasteiger partial charge in [-0.2, -0.15) is 0 Å². The van der Waals surface area contributed by atoms with Crippen molar-refractivity contribution in [3.05, 3.63) is 36.7 Å². The third-order valence-corrected chi connectivity index (χ3v) is 3.53. The Hall–Kier alpha value is -1.88. The average Bonchev–Trinajstić information content (AvgIpc) is 2.83. The van der Waals surface area contributed by atoms with Crippen LogP contribution in [0.2, 0.25) is 0 Å². The van der Waals surface area contributed by atoms with Crippen LogP contribution in [-0.2, 0) is 0 Å². The van der Waals surface area contributed by atoms with Gasteiger partial charge in [0.15, 0.2) is 11.3 Å². The molecule has 0 unspecified atom stereocenters. The van der Waals surface area contributed by atoms with E-state index < -0.39 is 0 Å². The molecule has 0 radical (unpaired) electrons. The molecule has 2 heterocycles. The molecule has 18 heavy (non-hydrogen) atoms. The van der Waals surface area contributed by atoms with Gasteiger partial charge in [0.2, 0.25) is 0 Å². The van der Waals surface area contributed by atoms with Crippen molar-refractivity contribution in [1.82, 2.24) is 19.9 Å². The molecule has 90 valence electrons. The maximum Gasteiger partial charge on any atom is 0.197 e. The van der Waals surface area contributed by atoms with Crippen LogP contribution in [0.1, 0.15) is 6.92 Å². The van der Waals surface area contributed by atoms with Crippen molar-refractivity contribution in [3.63, 3.8) is 0 Å². The molecule has 0 amide bonds. The Morgan fingerprint density at radius 1 is 1.17 bits per heavy atom. The first-order valence-electron chi connectivity index (χ1n) is 5.77. The molecular weight excluding hydrogens is 244 g/mol. The smallest absolute Gasteiger partial charge is 0.197 e. The first-order chi connectivity index (χ1) is 8.88. The number of hydrogen-bond acceptors (Lipinski definition) is 4. The second kappa shape index (κ2) is 4.78. The Bertz CT molecular complexity index is 644. The van der Waals surface area contributed by atoms with E-state index in [1.54, 1.807) is 24.2 Å². The number of benzene rings is 1. The summed E-state index contributed by atoms with van der Waals surface area (Å²) in [6, 6.07) is 8.23. The minimum atomic E-state index is 0.656. The highest BCUT2D eigenvalue weighted by Gasteiger charge is 2.10. The molecule has 0 bridgehead atoms. The predicted molar refractivity (Wildman–Crippen MR) is 73.5 cm³/mol. The molecule has 0 atom stereocenters. The van der Waals surface area contributed by atoms with Gasteiger partial charge in [-0.25, -0.2) is 15.0 Å². The summed E-state index contributed by atoms with van der Waals surface area (Å²) in [6.45, 7) is 2.14. The molecule has 0 aliphatic carbocycles. The standard InChI is InChI=1S/C13H12N4S/c1-2-18-10-6-4-3-5-9(10)11-16-12-13(17-11)15-8-7-14-12/h3-8H,2H2,1H3,(H,14,15,16,17). The lowest BCUT2D eigenvalue weighted by molar-refractivity contribution is 1.26. The molecule has 1 aromatic carbocycles. The van der Waals surface area contributed by atoms with E-state index in [0.717, 1.165) is 22.8 Å². The zero-order chi connectivity index (χ0) is 12.4. The normalized spacial score (nSPS) is 10.9. The highest BCUT2D eigenvalue weighted by atomic mass is 32.2. The summed E-state index contributed by atoms with van der Waals surface area (Å²) in [7, 11) is 0. The summed E-state index contributed by atoms with van der Waals surface area (Å²) in [6.07, 6.45) is 3.32. The zero-order valence-corrected chi connectivity index (χ0v) is 10.7. The van der Waals surface area contributed by atoms with Gasteiger partial charge >= 0.3 is 0 Å². The molecule has 3 aromatic rings. The molecule has 4 nitrogen and oxygen atoms in total. The van der Waals surface area contributed by atoms with E-state index in [0.29, 0.717) is 5.65 Å². The number of rotatable bonds is 3. The van der Waals surface area contributed by atoms with Gasteiger partial charge in [0.1, 0.15) is 5.82 Å². The first-order valence-corrected chi connectivity index (χ1v) is 6.76. The molecule has 2 aromatic heterocycles. The number of H-pyrrole nitrogens is 1. The zero-order valence-electron chi connectivity index (χ0n) is 9.92. The number of aromatic amines is 1. The number of aromatic nitrogens is 4. The van der Waals surface area contributed by atoms with Crippen LogP contribution in [-0.4, -0.2) is 25.7 Å². The van der Waals surface area contributed by atoms with Crippen LogP contribution in [0.3, 0.4) is 0 Å². The van der Waals surface area contributed by atoms with Gasteiger partial charge in [0.05, 0.1) is 0 Å². The van der Waals surface area contributed by atoms with E-state index in [2.05, 4.69) is 39.0 Å². The predicted octanol–water partition coefficient (Wildman–Crippen LogP) is 3.13. The van der Waals surface area contributed by atoms with Crippen LogP contribution in [0.25, 0.3) is 22.7 Å². The third-order valence-electron chi connectivity index (χ3n) is 2.58. The molecule has 0 saturated carbocycles. The van der Waals surface area contributed by atoms with Crippen molar-refractivity contribution in [2.45, 2.75) is 11.8 Å². The second-order valence-corrected chi connectivity index (χ2v) is 5.05. The molecule has 5 heteroatoms. The summed E-state index contributed by atoms with van der Waals surface area (Å²) in [4.78, 5) is 17.3. The molecule has 3 rings (SSSR count). The number of nitrogens with one attached hydrogen (secondary N) is 1. The summed E-state index contributed by atoms with van der Waals surface area (Å²) in [5.41, 5.74) is 2.48. The fourth-order valence-electron chi connectivity index (χ4n) is 1.82. The van der Waals surface area contributed by atoms with Crippen molar-refractivity contribution in [2.75, 3.05) is 5.75 Å². The average molecular weight is 256 g/mol. The van der Waals surface area contributed by atoms with Crippen molar-refractivity contribution < 1.29 is 0 Å². The quantitative estimate of drug-likeness (QED) is 0.731. The van der Waals surface area contributed by atoms with Gasteiger partial charge in [-0.05, 0) is 11.8 Å². The molecule has 0 aliphatic rings. The Morgan fingerprint density at radius 2 is 2.00 bits per heavy atom. The Morgan fingerprint density at radius 3 is 2.83 bits per heavy atom. The Balaban J connectivity index is 2.13. The number of thioether (sulfide) groups is 1. The summed E-state index contributed by atoms with van der Waals surface area (Å²) < 4.78 is 0. The van der Waals surface area contributed by atoms with E-state index >= 15 is 0 Å². The molecule has 0 aliphatic heterocycles. The lowest BCUT2D eigenvalue weighted by atomic mass is 10.2. The number of fused-ring (bicyclic) bond motifs is 1. The van der Waals surface area contributed by atoms with Crippen LogP contribution in [0.5, 0.6) is 0 Å². The SMILES string of the molecule is CCSc1ccccc1-c1nc2nccnc2[nH]1. The van der Waals surface area contributed by atoms with Crippen molar-refractivity contribution in [1.29, 1.82) is 0 Å². The minimum absolute atomic E-state index is 0.656. The van der Waals surface area contributed by atoms with Crippen molar-refractivity contribution in [2.24, 2.45) is 0 Å². The maximum atomic E-state index is 4.48. The Labute approximate surface area is 109 Å². The molecular formula is C13H12N4S. The van der Waals surface area contributed by atoms with Crippen LogP contribution < -0.4 is 0 Å². The van der Waals surface area contributed by atoms with Crippen molar-refractivity contribution >= 4 is 23.1 Å². The van der Waals surface area contributed by atoms with E-state index in [1.807, 2.05) is 12.1 Å². The second-order valence-electron chi connectivity index (χ2n) is 3.74. The van der Waals surface area contributed by atoms with Crippen LogP contribution >= 0.6 is 11.8 Å². The van der Waals surface area contributed by atoms with E-state index in [1.165, 1.54) is 4.90 Å². The maximum absolute atomic E-state index is 4.48. The monoisotopic (exact) mass is 256 g/mol. The minimum Gasteiger partial charge on any atom is -0.321 e. The van der Waals surface area contributed by atoms with Crippen molar-refractivity contribution in [3.8, 4) is 11.4 Å². The van der Waals surface area contributed by atoms with Gasteiger partial charge in [-0.15, -0.1) is 11.8 Å². The molecule has 0 spiro atoms. The first kappa shape index (κ1) is 11.2. The van der Waals surface area contributed by atoms with Gasteiger partial charge in [-0.3, -0.25) is 0 Å². The number of nitrogens with zero attached hydrogens (tertiary/aromatic N) is 3. The van der Waals surface area contributed by atoms with Crippen LogP contribution in [0.15, 0.2) is 41.6 Å². The fraction of sp³-hybridized carbons (Fsp3) is 0.154. The van der Waals surface area contributed by atoms with E-state index in [9.17, 15) is 0 Å². The third kappa shape index (κ3) is 1.97. The van der Waals surface area contributed by atoms with Gasteiger partial charge in [0.25, 0.3) is 0 Å². The Kier molecular flexibility index (Phi) is 2.98. The lowest BCUT2D eigenvalue weighted by Crippen LogP contribution is -1.84. The van der Waals surface area contributed by atoms with Gasteiger partial charge in [0, 0.05) is 22.9 Å². The summed E-state index contributed by atoms with van der Waals surface area (Å²) in [5.74, 6) is 1.86. The summed E-state index contributed by atoms with van der Waals surface area (Å²) >= 11 is 1.81.